The summed E-state index contributed by atoms with van der Waals surface area (Å²) in [6, 6.07) is 0.0527. The van der Waals surface area contributed by atoms with Crippen molar-refractivity contribution in [1.82, 2.24) is 9.34 Å². The Hall–Kier alpha value is 0.135. The average molecular weight is 234 g/mol. The van der Waals surface area contributed by atoms with Crippen LogP contribution >= 0.6 is 7.44 Å². The van der Waals surface area contributed by atoms with E-state index in [9.17, 15) is 4.57 Å². The van der Waals surface area contributed by atoms with Crippen LogP contribution in [0.2, 0.25) is 0 Å². The van der Waals surface area contributed by atoms with E-state index in [1.165, 1.54) is 0 Å². The highest BCUT2D eigenvalue weighted by Crippen LogP contribution is 2.48. The first kappa shape index (κ1) is 13.2. The molecule has 0 radical (unpaired) electrons. The second kappa shape index (κ2) is 4.98. The van der Waals surface area contributed by atoms with Crippen molar-refractivity contribution in [3.8, 4) is 0 Å². The lowest BCUT2D eigenvalue weighted by atomic mass is 9.99. The number of morpholine rings is 1. The monoisotopic (exact) mass is 234 g/mol. The molecule has 1 saturated heterocycles. The van der Waals surface area contributed by atoms with Crippen LogP contribution in [0.25, 0.3) is 0 Å². The zero-order valence-corrected chi connectivity index (χ0v) is 11.0. The second-order valence-electron chi connectivity index (χ2n) is 4.17. The Morgan fingerprint density at radius 1 is 1.53 bits per heavy atom. The predicted molar refractivity (Wildman–Crippen MR) is 63.0 cm³/mol. The molecule has 1 heterocycles. The maximum absolute atomic E-state index is 12.4. The second-order valence-corrected chi connectivity index (χ2v) is 7.20. The van der Waals surface area contributed by atoms with Crippen LogP contribution in [-0.2, 0) is 14.0 Å². The molecule has 1 aliphatic rings. The lowest BCUT2D eigenvalue weighted by Gasteiger charge is -2.41. The zero-order valence-electron chi connectivity index (χ0n) is 10.1. The van der Waals surface area contributed by atoms with E-state index in [-0.39, 0.29) is 12.3 Å². The third kappa shape index (κ3) is 3.05. The van der Waals surface area contributed by atoms with Gasteiger partial charge >= 0.3 is 0 Å². The lowest BCUT2D eigenvalue weighted by molar-refractivity contribution is -0.165. The molecule has 3 unspecified atom stereocenters. The highest BCUT2D eigenvalue weighted by Gasteiger charge is 2.35. The Morgan fingerprint density at radius 2 is 2.13 bits per heavy atom. The smallest absolute Gasteiger partial charge is 0.213 e. The minimum atomic E-state index is -2.42. The fraction of sp³-hybridized carbons (Fsp3) is 1.00. The molecular formula is C8H20BN2O3P. The number of hydrogen-bond donors (Lipinski definition) is 0. The molecule has 0 amide bonds. The van der Waals surface area contributed by atoms with Crippen LogP contribution in [0.5, 0.6) is 0 Å². The molecule has 5 nitrogen and oxygen atoms in total. The molecule has 0 N–H and O–H groups in total. The van der Waals surface area contributed by atoms with Gasteiger partial charge in [-0.05, 0) is 14.1 Å². The quantitative estimate of drug-likeness (QED) is 0.492. The molecule has 1 fully saturated rings. The maximum Gasteiger partial charge on any atom is 0.213 e. The van der Waals surface area contributed by atoms with Gasteiger partial charge in [-0.1, -0.05) is 0 Å². The van der Waals surface area contributed by atoms with Crippen LogP contribution < -0.4 is 0 Å². The topological polar surface area (TPSA) is 42.0 Å². The maximum atomic E-state index is 12.4. The van der Waals surface area contributed by atoms with E-state index >= 15 is 0 Å². The van der Waals surface area contributed by atoms with Crippen molar-refractivity contribution in [2.45, 2.75) is 12.3 Å². The van der Waals surface area contributed by atoms with E-state index in [0.29, 0.717) is 13.1 Å². The fourth-order valence-corrected chi connectivity index (χ4v) is 3.05. The van der Waals surface area contributed by atoms with E-state index in [0.717, 1.165) is 0 Å². The van der Waals surface area contributed by atoms with Gasteiger partial charge in [-0.3, -0.25) is 4.57 Å². The molecule has 1 rings (SSSR count). The van der Waals surface area contributed by atoms with Crippen molar-refractivity contribution in [3.63, 3.8) is 0 Å². The van der Waals surface area contributed by atoms with Crippen LogP contribution in [0.4, 0.5) is 0 Å². The number of nitrogens with zero attached hydrogens (tertiary/aromatic N) is 2. The highest BCUT2D eigenvalue weighted by molar-refractivity contribution is 7.58. The summed E-state index contributed by atoms with van der Waals surface area (Å²) in [5, 5.41) is 0. The van der Waals surface area contributed by atoms with Gasteiger partial charge in [0.05, 0.1) is 6.54 Å². The van der Waals surface area contributed by atoms with Crippen molar-refractivity contribution in [2.24, 2.45) is 0 Å². The molecule has 0 aromatic heterocycles. The van der Waals surface area contributed by atoms with Gasteiger partial charge in [-0.2, -0.15) is 0 Å². The third-order valence-electron chi connectivity index (χ3n) is 2.74. The van der Waals surface area contributed by atoms with Gasteiger partial charge < -0.3 is 9.47 Å². The van der Waals surface area contributed by atoms with Gasteiger partial charge in [0.1, 0.15) is 7.85 Å². The molecule has 0 aromatic carbocycles. The summed E-state index contributed by atoms with van der Waals surface area (Å²) < 4.78 is 26.8. The molecule has 88 valence electrons. The number of ether oxygens (including phenoxy) is 2. The Kier molecular flexibility index (Phi) is 4.38. The van der Waals surface area contributed by atoms with Gasteiger partial charge in [0.15, 0.2) is 6.29 Å². The molecular weight excluding hydrogens is 214 g/mol. The molecule has 3 atom stereocenters. The van der Waals surface area contributed by atoms with Crippen LogP contribution in [0.15, 0.2) is 0 Å². The van der Waals surface area contributed by atoms with Crippen molar-refractivity contribution < 1.29 is 14.0 Å². The van der Waals surface area contributed by atoms with Gasteiger partial charge in [-0.15, -0.1) is 0 Å². The summed E-state index contributed by atoms with van der Waals surface area (Å²) in [5.41, 5.74) is 0. The zero-order chi connectivity index (χ0) is 11.6. The molecule has 1 aliphatic heterocycles. The summed E-state index contributed by atoms with van der Waals surface area (Å²) >= 11 is 0. The molecule has 7 heteroatoms. The molecule has 0 saturated carbocycles. The van der Waals surface area contributed by atoms with Crippen LogP contribution in [0.1, 0.15) is 0 Å². The van der Waals surface area contributed by atoms with Crippen molar-refractivity contribution in [2.75, 3.05) is 41.0 Å². The third-order valence-corrected chi connectivity index (χ3v) is 5.60. The van der Waals surface area contributed by atoms with Crippen LogP contribution in [0.3, 0.4) is 0 Å². The standard InChI is InChI=1S/C8H20BN2O3P/c1-10(2)15(4,12)11-5-7(9)14-8(6-11)13-3/h7-8H,5-6,9H2,1-4H3. The Labute approximate surface area is 92.6 Å². The molecule has 0 aromatic rings. The van der Waals surface area contributed by atoms with E-state index in [4.69, 9.17) is 9.47 Å². The summed E-state index contributed by atoms with van der Waals surface area (Å²) in [7, 11) is 4.83. The van der Waals surface area contributed by atoms with Gasteiger partial charge in [0.25, 0.3) is 0 Å². The van der Waals surface area contributed by atoms with E-state index in [1.54, 1.807) is 18.4 Å². The predicted octanol–water partition coefficient (Wildman–Crippen LogP) is -0.365. The first-order chi connectivity index (χ1) is 6.87. The van der Waals surface area contributed by atoms with E-state index in [2.05, 4.69) is 0 Å². The Bertz CT molecular complexity index is 264. The van der Waals surface area contributed by atoms with Gasteiger partial charge in [0.2, 0.25) is 7.44 Å². The van der Waals surface area contributed by atoms with E-state index in [1.807, 2.05) is 26.6 Å². The molecule has 15 heavy (non-hydrogen) atoms. The Morgan fingerprint density at radius 3 is 2.60 bits per heavy atom. The molecule has 0 aliphatic carbocycles. The summed E-state index contributed by atoms with van der Waals surface area (Å²) in [4.78, 5) is 0. The van der Waals surface area contributed by atoms with Crippen molar-refractivity contribution >= 4 is 15.3 Å². The fourth-order valence-electron chi connectivity index (χ4n) is 1.57. The van der Waals surface area contributed by atoms with E-state index < -0.39 is 7.44 Å². The largest absolute Gasteiger partial charge is 0.356 e. The SMILES string of the molecule is BC1CN(P(C)(=O)N(C)C)CC(OC)O1. The summed E-state index contributed by atoms with van der Waals surface area (Å²) in [6.07, 6.45) is -0.276. The summed E-state index contributed by atoms with van der Waals surface area (Å²) in [5.74, 6) is 0. The summed E-state index contributed by atoms with van der Waals surface area (Å²) in [6.45, 7) is 3.02. The molecule has 0 spiro atoms. The van der Waals surface area contributed by atoms with Gasteiger partial charge in [-0.25, -0.2) is 9.34 Å². The minimum Gasteiger partial charge on any atom is -0.356 e. The first-order valence-corrected chi connectivity index (χ1v) is 7.13. The average Bonchev–Trinajstić information content (AvgIpc) is 2.16. The Balaban J connectivity index is 2.73. The normalized spacial score (nSPS) is 32.9. The number of hydrogen-bond acceptors (Lipinski definition) is 3. The number of rotatable bonds is 3. The number of methoxy groups -OCH3 is 1. The van der Waals surface area contributed by atoms with Crippen molar-refractivity contribution in [3.05, 3.63) is 0 Å². The lowest BCUT2D eigenvalue weighted by Crippen LogP contribution is -2.48. The highest BCUT2D eigenvalue weighted by atomic mass is 31.2. The first-order valence-electron chi connectivity index (χ1n) is 5.07. The van der Waals surface area contributed by atoms with Gasteiger partial charge in [0, 0.05) is 26.3 Å². The van der Waals surface area contributed by atoms with Crippen molar-refractivity contribution in [1.29, 1.82) is 0 Å². The minimum absolute atomic E-state index is 0.0527. The molecule has 0 bridgehead atoms. The van der Waals surface area contributed by atoms with Crippen LogP contribution in [-0.4, -0.2) is 70.4 Å². The van der Waals surface area contributed by atoms with Crippen LogP contribution in [0, 0.1) is 0 Å².